The van der Waals surface area contributed by atoms with E-state index in [9.17, 15) is 17.6 Å². The molecule has 0 spiro atoms. The van der Waals surface area contributed by atoms with Gasteiger partial charge in [0.1, 0.15) is 11.5 Å². The predicted octanol–water partition coefficient (Wildman–Crippen LogP) is 3.33. The maximum atomic E-state index is 13.7. The summed E-state index contributed by atoms with van der Waals surface area (Å²) in [5, 5.41) is 11.3. The van der Waals surface area contributed by atoms with Crippen molar-refractivity contribution >= 4 is 45.3 Å². The summed E-state index contributed by atoms with van der Waals surface area (Å²) in [5.74, 6) is -1.13. The van der Waals surface area contributed by atoms with Crippen LogP contribution in [0, 0.1) is 16.6 Å². The van der Waals surface area contributed by atoms with Gasteiger partial charge in [0.15, 0.2) is 0 Å². The number of carbonyl (C=O) groups excluding carboxylic acids is 1. The Balaban J connectivity index is 1.45. The van der Waals surface area contributed by atoms with E-state index in [2.05, 4.69) is 17.0 Å². The Morgan fingerprint density at radius 1 is 1.21 bits per heavy atom. The second-order valence-corrected chi connectivity index (χ2v) is 12.2. The maximum absolute atomic E-state index is 13.7. The molecule has 1 aliphatic heterocycles. The summed E-state index contributed by atoms with van der Waals surface area (Å²) in [5.41, 5.74) is 6.64. The Morgan fingerprint density at radius 3 is 2.54 bits per heavy atom. The minimum Gasteiger partial charge on any atom is -0.486 e. The average molecular weight is 579 g/mol. The number of hydrogen-bond donors (Lipinski definition) is 4. The lowest BCUT2D eigenvalue weighted by molar-refractivity contribution is -0.116. The Hall–Kier alpha value is -3.19. The van der Waals surface area contributed by atoms with Gasteiger partial charge < -0.3 is 26.1 Å². The quantitative estimate of drug-likeness (QED) is 0.139. The largest absolute Gasteiger partial charge is 0.486 e. The van der Waals surface area contributed by atoms with E-state index in [1.807, 2.05) is 0 Å². The number of nitrogens with one attached hydrogen (secondary N) is 3. The van der Waals surface area contributed by atoms with Crippen LogP contribution in [0.25, 0.3) is 0 Å². The molecule has 10 nitrogen and oxygen atoms in total. The van der Waals surface area contributed by atoms with Crippen LogP contribution in [0.2, 0.25) is 5.02 Å². The lowest BCUT2D eigenvalue weighted by Gasteiger charge is -2.36. The van der Waals surface area contributed by atoms with Crippen LogP contribution < -0.4 is 15.8 Å². The molecular formula is C26H32ClFN6O4S. The number of amides is 1. The molecule has 1 saturated heterocycles. The Bertz CT molecular complexity index is 1370. The Morgan fingerprint density at radius 2 is 1.92 bits per heavy atom. The van der Waals surface area contributed by atoms with Gasteiger partial charge in [-0.25, -0.2) is 4.39 Å². The summed E-state index contributed by atoms with van der Waals surface area (Å²) in [4.78, 5) is 15.0. The monoisotopic (exact) mass is 578 g/mol. The smallest absolute Gasteiger partial charge is 0.293 e. The second-order valence-electron chi connectivity index (χ2n) is 9.99. The number of piperazine rings is 1. The molecule has 0 unspecified atom stereocenters. The van der Waals surface area contributed by atoms with Gasteiger partial charge in [-0.3, -0.25) is 4.79 Å². The van der Waals surface area contributed by atoms with Gasteiger partial charge in [-0.05, 0) is 48.7 Å². The van der Waals surface area contributed by atoms with Crippen LogP contribution >= 0.6 is 11.6 Å². The summed E-state index contributed by atoms with van der Waals surface area (Å²) in [6.45, 7) is 3.00. The third-order valence-corrected chi connectivity index (χ3v) is 8.56. The van der Waals surface area contributed by atoms with Crippen molar-refractivity contribution < 1.29 is 22.3 Å². The van der Waals surface area contributed by atoms with Crippen LogP contribution in [-0.2, 0) is 26.3 Å². The topological polar surface area (TPSA) is 141 Å². The highest BCUT2D eigenvalue weighted by molar-refractivity contribution is 7.87. The number of benzene rings is 2. The molecule has 39 heavy (non-hydrogen) atoms. The summed E-state index contributed by atoms with van der Waals surface area (Å²) < 4.78 is 49.2. The summed E-state index contributed by atoms with van der Waals surface area (Å²) in [6.07, 6.45) is 3.03. The van der Waals surface area contributed by atoms with Crippen molar-refractivity contribution in [2.24, 2.45) is 5.41 Å². The van der Waals surface area contributed by atoms with Crippen LogP contribution in [0.5, 0.6) is 0 Å². The van der Waals surface area contributed by atoms with E-state index < -0.39 is 21.9 Å². The number of ether oxygens (including phenoxy) is 1. The molecule has 13 heteroatoms. The lowest BCUT2D eigenvalue weighted by Crippen LogP contribution is -2.52. The molecule has 1 aliphatic carbocycles. The van der Waals surface area contributed by atoms with E-state index in [-0.39, 0.29) is 55.3 Å². The van der Waals surface area contributed by atoms with Crippen molar-refractivity contribution in [3.05, 3.63) is 70.3 Å². The van der Waals surface area contributed by atoms with E-state index in [0.29, 0.717) is 22.9 Å². The fourth-order valence-electron chi connectivity index (χ4n) is 4.03. The number of rotatable bonds is 11. The van der Waals surface area contributed by atoms with Gasteiger partial charge >= 0.3 is 0 Å². The highest BCUT2D eigenvalue weighted by Gasteiger charge is 2.39. The number of nitrogen functional groups attached to an aromatic ring is 1. The Kier molecular flexibility index (Phi) is 8.80. The fourth-order valence-corrected chi connectivity index (χ4v) is 5.40. The molecule has 2 fully saturated rings. The van der Waals surface area contributed by atoms with Gasteiger partial charge in [0.25, 0.3) is 16.1 Å². The van der Waals surface area contributed by atoms with Crippen LogP contribution in [0.15, 0.2) is 53.9 Å². The normalized spacial score (nSPS) is 17.8. The first kappa shape index (κ1) is 28.8. The highest BCUT2D eigenvalue weighted by Crippen LogP contribution is 2.45. The van der Waals surface area contributed by atoms with Gasteiger partial charge in [0.05, 0.1) is 12.3 Å². The van der Waals surface area contributed by atoms with Crippen molar-refractivity contribution in [1.29, 1.82) is 5.41 Å². The molecule has 0 atom stereocenters. The molecule has 2 aliphatic rings. The third-order valence-electron chi connectivity index (χ3n) is 6.77. The van der Waals surface area contributed by atoms with Crippen LogP contribution in [-0.4, -0.2) is 62.5 Å². The molecule has 1 heterocycles. The first-order chi connectivity index (χ1) is 18.5. The molecule has 0 aromatic heterocycles. The van der Waals surface area contributed by atoms with Gasteiger partial charge in [0.2, 0.25) is 5.76 Å². The van der Waals surface area contributed by atoms with Crippen molar-refractivity contribution in [3.8, 4) is 0 Å². The van der Waals surface area contributed by atoms with Gasteiger partial charge in [-0.15, -0.1) is 0 Å². The zero-order chi connectivity index (χ0) is 28.2. The zero-order valence-corrected chi connectivity index (χ0v) is 23.1. The van der Waals surface area contributed by atoms with Crippen LogP contribution in [0.1, 0.15) is 25.3 Å². The standard InChI is InChI=1S/C26H32ClFN6O4S/c1-26(7-8-26)17-38-24(25(35)32-20-4-2-3-19(27)14-20)23(15-29)33-9-11-34(12-10-33)39(36,37)31-16-18-5-6-22(30)21(28)13-18/h2-6,13-15,29,31H,7-12,16-17,30H2,1H3,(H,32,35)/b24-23-,29-15?. The number of halogens is 2. The van der Waals surface area contributed by atoms with Crippen molar-refractivity contribution in [1.82, 2.24) is 13.9 Å². The van der Waals surface area contributed by atoms with Gasteiger partial charge in [0, 0.05) is 55.1 Å². The molecule has 2 aromatic rings. The minimum absolute atomic E-state index is 0.00194. The van der Waals surface area contributed by atoms with Gasteiger partial charge in [-0.2, -0.15) is 17.4 Å². The predicted molar refractivity (Wildman–Crippen MR) is 149 cm³/mol. The number of carbonyl (C=O) groups is 1. The molecule has 210 valence electrons. The maximum Gasteiger partial charge on any atom is 0.293 e. The summed E-state index contributed by atoms with van der Waals surface area (Å²) in [7, 11) is -3.86. The number of hydrogen-bond acceptors (Lipinski definition) is 7. The summed E-state index contributed by atoms with van der Waals surface area (Å²) >= 11 is 6.05. The number of nitrogens with two attached hydrogens (primary N) is 1. The zero-order valence-electron chi connectivity index (χ0n) is 21.5. The second kappa shape index (κ2) is 11.9. The molecule has 4 rings (SSSR count). The molecule has 5 N–H and O–H groups in total. The number of nitrogens with zero attached hydrogens (tertiary/aromatic N) is 2. The molecular weight excluding hydrogens is 547 g/mol. The van der Waals surface area contributed by atoms with E-state index in [4.69, 9.17) is 27.5 Å². The molecule has 2 aromatic carbocycles. The third kappa shape index (κ3) is 7.47. The molecule has 0 radical (unpaired) electrons. The fraction of sp³-hybridized carbons (Fsp3) is 0.385. The first-order valence-corrected chi connectivity index (χ1v) is 14.3. The minimum atomic E-state index is -3.86. The molecule has 1 saturated carbocycles. The van der Waals surface area contributed by atoms with Crippen LogP contribution in [0.4, 0.5) is 15.8 Å². The number of anilines is 2. The van der Waals surface area contributed by atoms with E-state index >= 15 is 0 Å². The van der Waals surface area contributed by atoms with Crippen molar-refractivity contribution in [2.45, 2.75) is 26.3 Å². The SMILES string of the molecule is CC1(CO/C(C(=O)Nc2cccc(Cl)c2)=C(/C=N)N2CCN(S(=O)(=O)NCc3ccc(N)c(F)c3)CC2)CC1. The first-order valence-electron chi connectivity index (χ1n) is 12.5. The Labute approximate surface area is 232 Å². The number of allylic oxidation sites excluding steroid dienone is 1. The highest BCUT2D eigenvalue weighted by atomic mass is 35.5. The van der Waals surface area contributed by atoms with Crippen molar-refractivity contribution in [2.75, 3.05) is 43.8 Å². The lowest BCUT2D eigenvalue weighted by atomic mass is 10.2. The van der Waals surface area contributed by atoms with Gasteiger partial charge in [-0.1, -0.05) is 30.7 Å². The van der Waals surface area contributed by atoms with E-state index in [0.717, 1.165) is 19.1 Å². The van der Waals surface area contributed by atoms with Crippen molar-refractivity contribution in [3.63, 3.8) is 0 Å². The van der Waals surface area contributed by atoms with E-state index in [1.165, 1.54) is 16.4 Å². The average Bonchev–Trinajstić information content (AvgIpc) is 3.64. The summed E-state index contributed by atoms with van der Waals surface area (Å²) in [6, 6.07) is 10.8. The van der Waals surface area contributed by atoms with E-state index in [1.54, 1.807) is 35.2 Å². The molecule has 1 amide bonds. The van der Waals surface area contributed by atoms with Crippen LogP contribution in [0.3, 0.4) is 0 Å². The molecule has 0 bridgehead atoms.